The van der Waals surface area contributed by atoms with E-state index in [4.69, 9.17) is 14.2 Å². The van der Waals surface area contributed by atoms with Crippen LogP contribution in [-0.4, -0.2) is 46.9 Å². The molecule has 0 fully saturated rings. The molecular weight excluding hydrogens is 412 g/mol. The van der Waals surface area contributed by atoms with Crippen molar-refractivity contribution < 1.29 is 32.5 Å². The number of aliphatic imine (C=N–C) groups is 1. The second-order valence-electron chi connectivity index (χ2n) is 6.16. The van der Waals surface area contributed by atoms with Crippen molar-refractivity contribution >= 4 is 11.9 Å². The summed E-state index contributed by atoms with van der Waals surface area (Å²) in [5.41, 5.74) is 1.56. The number of nitrogens with one attached hydrogen (secondary N) is 2. The SMILES string of the molecule is CN=C(NCc1ccc(OC)c(C(=O)OC)c1)NCc1cc(OC)ccc1OC(F)F. The summed E-state index contributed by atoms with van der Waals surface area (Å²) in [6.45, 7) is -2.44. The van der Waals surface area contributed by atoms with E-state index >= 15 is 0 Å². The first-order chi connectivity index (χ1) is 14.9. The van der Waals surface area contributed by atoms with Gasteiger partial charge in [-0.2, -0.15) is 8.78 Å². The van der Waals surface area contributed by atoms with Crippen LogP contribution < -0.4 is 24.8 Å². The zero-order valence-electron chi connectivity index (χ0n) is 17.7. The molecule has 0 heterocycles. The molecule has 2 N–H and O–H groups in total. The summed E-state index contributed by atoms with van der Waals surface area (Å²) in [7, 11) is 5.82. The number of alkyl halides is 2. The van der Waals surface area contributed by atoms with Crippen molar-refractivity contribution in [2.75, 3.05) is 28.4 Å². The highest BCUT2D eigenvalue weighted by atomic mass is 19.3. The van der Waals surface area contributed by atoms with Gasteiger partial charge in [0.15, 0.2) is 5.96 Å². The van der Waals surface area contributed by atoms with Crippen molar-refractivity contribution in [3.8, 4) is 17.2 Å². The Balaban J connectivity index is 2.06. The van der Waals surface area contributed by atoms with Gasteiger partial charge in [0, 0.05) is 25.7 Å². The maximum atomic E-state index is 12.7. The lowest BCUT2D eigenvalue weighted by atomic mass is 10.1. The number of nitrogens with zero attached hydrogens (tertiary/aromatic N) is 1. The van der Waals surface area contributed by atoms with E-state index < -0.39 is 12.6 Å². The molecule has 31 heavy (non-hydrogen) atoms. The molecule has 0 aliphatic rings. The molecular formula is C21H25F2N3O5. The highest BCUT2D eigenvalue weighted by Crippen LogP contribution is 2.25. The topological polar surface area (TPSA) is 90.4 Å². The zero-order chi connectivity index (χ0) is 22.8. The number of benzene rings is 2. The number of carbonyl (C=O) groups excluding carboxylic acids is 1. The fourth-order valence-corrected chi connectivity index (χ4v) is 2.75. The second-order valence-corrected chi connectivity index (χ2v) is 6.16. The van der Waals surface area contributed by atoms with Crippen LogP contribution in [-0.2, 0) is 17.8 Å². The van der Waals surface area contributed by atoms with Gasteiger partial charge in [-0.05, 0) is 35.9 Å². The number of carbonyl (C=O) groups is 1. The predicted octanol–water partition coefficient (Wildman–Crippen LogP) is 2.96. The van der Waals surface area contributed by atoms with E-state index in [1.165, 1.54) is 33.5 Å². The molecule has 2 aromatic carbocycles. The monoisotopic (exact) mass is 437 g/mol. The van der Waals surface area contributed by atoms with Gasteiger partial charge in [0.2, 0.25) is 0 Å². The zero-order valence-corrected chi connectivity index (χ0v) is 17.7. The van der Waals surface area contributed by atoms with E-state index in [1.54, 1.807) is 31.3 Å². The lowest BCUT2D eigenvalue weighted by molar-refractivity contribution is -0.0505. The summed E-state index contributed by atoms with van der Waals surface area (Å²) in [4.78, 5) is 16.0. The first-order valence-corrected chi connectivity index (χ1v) is 9.23. The normalized spacial score (nSPS) is 11.1. The summed E-state index contributed by atoms with van der Waals surface area (Å²) < 4.78 is 45.0. The van der Waals surface area contributed by atoms with Gasteiger partial charge in [0.05, 0.1) is 21.3 Å². The van der Waals surface area contributed by atoms with Crippen LogP contribution in [0.4, 0.5) is 8.78 Å². The van der Waals surface area contributed by atoms with Crippen molar-refractivity contribution in [1.29, 1.82) is 0 Å². The van der Waals surface area contributed by atoms with Crippen molar-refractivity contribution in [2.24, 2.45) is 4.99 Å². The molecule has 168 valence electrons. The highest BCUT2D eigenvalue weighted by molar-refractivity contribution is 5.92. The number of rotatable bonds is 9. The van der Waals surface area contributed by atoms with E-state index in [9.17, 15) is 13.6 Å². The molecule has 0 unspecified atom stereocenters. The van der Waals surface area contributed by atoms with Crippen LogP contribution in [0.3, 0.4) is 0 Å². The second kappa shape index (κ2) is 11.6. The molecule has 0 saturated heterocycles. The van der Waals surface area contributed by atoms with Crippen LogP contribution >= 0.6 is 0 Å². The van der Waals surface area contributed by atoms with Gasteiger partial charge in [-0.25, -0.2) is 4.79 Å². The number of halogens is 2. The quantitative estimate of drug-likeness (QED) is 0.354. The summed E-state index contributed by atoms with van der Waals surface area (Å²) in [6.07, 6.45) is 0. The molecule has 0 saturated carbocycles. The Bertz CT molecular complexity index is 922. The van der Waals surface area contributed by atoms with Crippen LogP contribution in [0.15, 0.2) is 41.4 Å². The van der Waals surface area contributed by atoms with Crippen molar-refractivity contribution in [3.05, 3.63) is 53.1 Å². The van der Waals surface area contributed by atoms with Crippen LogP contribution in [0.5, 0.6) is 17.2 Å². The molecule has 0 aromatic heterocycles. The standard InChI is InChI=1S/C21H25F2N3O5/c1-24-21(25-11-13-5-7-18(29-3)16(9-13)19(27)30-4)26-12-14-10-15(28-2)6-8-17(14)31-20(22)23/h5-10,20H,11-12H2,1-4H3,(H2,24,25,26). The third-order valence-electron chi connectivity index (χ3n) is 4.28. The highest BCUT2D eigenvalue weighted by Gasteiger charge is 2.14. The van der Waals surface area contributed by atoms with Gasteiger partial charge >= 0.3 is 12.6 Å². The summed E-state index contributed by atoms with van der Waals surface area (Å²) >= 11 is 0. The van der Waals surface area contributed by atoms with E-state index in [-0.39, 0.29) is 12.3 Å². The molecule has 8 nitrogen and oxygen atoms in total. The van der Waals surface area contributed by atoms with Crippen LogP contribution in [0, 0.1) is 0 Å². The number of hydrogen-bond donors (Lipinski definition) is 2. The van der Waals surface area contributed by atoms with Gasteiger partial charge in [-0.15, -0.1) is 0 Å². The maximum Gasteiger partial charge on any atom is 0.387 e. The summed E-state index contributed by atoms with van der Waals surface area (Å²) in [6, 6.07) is 9.68. The smallest absolute Gasteiger partial charge is 0.387 e. The summed E-state index contributed by atoms with van der Waals surface area (Å²) in [5, 5.41) is 6.13. The van der Waals surface area contributed by atoms with Crippen molar-refractivity contribution in [2.45, 2.75) is 19.7 Å². The Morgan fingerprint density at radius 2 is 1.71 bits per heavy atom. The molecule has 0 aliphatic carbocycles. The van der Waals surface area contributed by atoms with Crippen LogP contribution in [0.25, 0.3) is 0 Å². The molecule has 0 atom stereocenters. The van der Waals surface area contributed by atoms with Gasteiger partial charge in [-0.1, -0.05) is 6.07 Å². The molecule has 0 spiro atoms. The maximum absolute atomic E-state index is 12.7. The number of ether oxygens (including phenoxy) is 4. The van der Waals surface area contributed by atoms with E-state index in [0.29, 0.717) is 35.1 Å². The summed E-state index contributed by atoms with van der Waals surface area (Å²) in [5.74, 6) is 0.862. The minimum absolute atomic E-state index is 0.0385. The molecule has 2 rings (SSSR count). The largest absolute Gasteiger partial charge is 0.497 e. The number of guanidine groups is 1. The Labute approximate surface area is 179 Å². The Kier molecular flexibility index (Phi) is 8.86. The van der Waals surface area contributed by atoms with Gasteiger partial charge in [-0.3, -0.25) is 4.99 Å². The van der Waals surface area contributed by atoms with Crippen LogP contribution in [0.1, 0.15) is 21.5 Å². The fraction of sp³-hybridized carbons (Fsp3) is 0.333. The van der Waals surface area contributed by atoms with E-state index in [1.807, 2.05) is 0 Å². The predicted molar refractivity (Wildman–Crippen MR) is 111 cm³/mol. The molecule has 0 aliphatic heterocycles. The molecule has 0 radical (unpaired) electrons. The average Bonchev–Trinajstić information content (AvgIpc) is 2.78. The fourth-order valence-electron chi connectivity index (χ4n) is 2.75. The minimum Gasteiger partial charge on any atom is -0.497 e. The number of hydrogen-bond acceptors (Lipinski definition) is 6. The van der Waals surface area contributed by atoms with Crippen LogP contribution in [0.2, 0.25) is 0 Å². The van der Waals surface area contributed by atoms with E-state index in [0.717, 1.165) is 5.56 Å². The lowest BCUT2D eigenvalue weighted by Gasteiger charge is -2.16. The minimum atomic E-state index is -2.94. The molecule has 2 aromatic rings. The lowest BCUT2D eigenvalue weighted by Crippen LogP contribution is -2.36. The third-order valence-corrected chi connectivity index (χ3v) is 4.28. The van der Waals surface area contributed by atoms with Crippen molar-refractivity contribution in [3.63, 3.8) is 0 Å². The first-order valence-electron chi connectivity index (χ1n) is 9.23. The number of methoxy groups -OCH3 is 3. The average molecular weight is 437 g/mol. The van der Waals surface area contributed by atoms with Gasteiger partial charge in [0.25, 0.3) is 0 Å². The van der Waals surface area contributed by atoms with E-state index in [2.05, 4.69) is 20.4 Å². The number of esters is 1. The Hall–Kier alpha value is -3.56. The van der Waals surface area contributed by atoms with Crippen molar-refractivity contribution in [1.82, 2.24) is 10.6 Å². The van der Waals surface area contributed by atoms with Gasteiger partial charge in [0.1, 0.15) is 22.8 Å². The Morgan fingerprint density at radius 1 is 1.00 bits per heavy atom. The first kappa shape index (κ1) is 23.7. The third kappa shape index (κ3) is 6.73. The Morgan fingerprint density at radius 3 is 2.32 bits per heavy atom. The molecule has 0 amide bonds. The molecule has 0 bridgehead atoms. The molecule has 10 heteroatoms. The van der Waals surface area contributed by atoms with Gasteiger partial charge < -0.3 is 29.6 Å².